The van der Waals surface area contributed by atoms with Crippen molar-refractivity contribution in [2.24, 2.45) is 5.73 Å². The molecule has 0 saturated heterocycles. The molecule has 5 heteroatoms. The highest BCUT2D eigenvalue weighted by Gasteiger charge is 2.19. The summed E-state index contributed by atoms with van der Waals surface area (Å²) in [6.07, 6.45) is 1.88. The molecule has 1 aromatic heterocycles. The van der Waals surface area contributed by atoms with Crippen LogP contribution in [0.4, 0.5) is 0 Å². The van der Waals surface area contributed by atoms with Crippen LogP contribution in [0.2, 0.25) is 0 Å². The fraction of sp³-hybridized carbons (Fsp3) is 0.188. The molecule has 1 atom stereocenters. The first-order valence-electron chi connectivity index (χ1n) is 6.63. The largest absolute Gasteiger partial charge is 0.368 e. The minimum Gasteiger partial charge on any atom is -0.368 e. The van der Waals surface area contributed by atoms with Crippen LogP contribution in [-0.2, 0) is 11.2 Å². The maximum atomic E-state index is 12.0. The van der Waals surface area contributed by atoms with Crippen LogP contribution in [0, 0.1) is 6.92 Å². The number of pyridine rings is 1. The molecule has 21 heavy (non-hydrogen) atoms. The second-order valence-corrected chi connectivity index (χ2v) is 4.84. The van der Waals surface area contributed by atoms with E-state index >= 15 is 0 Å². The molecule has 2 aromatic rings. The highest BCUT2D eigenvalue weighted by atomic mass is 16.2. The highest BCUT2D eigenvalue weighted by molar-refractivity contribution is 5.95. The second kappa shape index (κ2) is 6.65. The third-order valence-corrected chi connectivity index (χ3v) is 3.07. The van der Waals surface area contributed by atoms with E-state index < -0.39 is 17.9 Å². The van der Waals surface area contributed by atoms with Crippen molar-refractivity contribution in [1.82, 2.24) is 10.3 Å². The molecule has 0 spiro atoms. The first-order chi connectivity index (χ1) is 10.1. The summed E-state index contributed by atoms with van der Waals surface area (Å²) in [6, 6.07) is 12.0. The number of carbonyl (C=O) groups excluding carboxylic acids is 2. The number of carbonyl (C=O) groups is 2. The van der Waals surface area contributed by atoms with E-state index in [1.54, 1.807) is 18.2 Å². The third kappa shape index (κ3) is 4.14. The van der Waals surface area contributed by atoms with Gasteiger partial charge in [0, 0.05) is 12.6 Å². The maximum Gasteiger partial charge on any atom is 0.270 e. The molecule has 1 aromatic carbocycles. The van der Waals surface area contributed by atoms with Crippen LogP contribution in [0.3, 0.4) is 0 Å². The SMILES string of the molecule is Cc1cccc(C[C@H](NC(=O)c2ccccn2)C(N)=O)c1. The fourth-order valence-corrected chi connectivity index (χ4v) is 2.03. The number of amides is 2. The number of aryl methyl sites for hydroxylation is 1. The molecular formula is C16H17N3O2. The van der Waals surface area contributed by atoms with Gasteiger partial charge >= 0.3 is 0 Å². The lowest BCUT2D eigenvalue weighted by atomic mass is 10.0. The average molecular weight is 283 g/mol. The Labute approximate surface area is 123 Å². The van der Waals surface area contributed by atoms with Crippen molar-refractivity contribution < 1.29 is 9.59 Å². The fourth-order valence-electron chi connectivity index (χ4n) is 2.03. The number of rotatable bonds is 5. The Morgan fingerprint density at radius 2 is 2.05 bits per heavy atom. The summed E-state index contributed by atoms with van der Waals surface area (Å²) in [5.41, 5.74) is 7.67. The van der Waals surface area contributed by atoms with Gasteiger partial charge < -0.3 is 11.1 Å². The van der Waals surface area contributed by atoms with E-state index in [4.69, 9.17) is 5.73 Å². The Hall–Kier alpha value is -2.69. The Morgan fingerprint density at radius 1 is 1.24 bits per heavy atom. The summed E-state index contributed by atoms with van der Waals surface area (Å²) in [6.45, 7) is 1.97. The van der Waals surface area contributed by atoms with Gasteiger partial charge in [-0.3, -0.25) is 14.6 Å². The number of hydrogen-bond acceptors (Lipinski definition) is 3. The van der Waals surface area contributed by atoms with E-state index in [1.165, 1.54) is 6.20 Å². The van der Waals surface area contributed by atoms with E-state index in [0.29, 0.717) is 6.42 Å². The number of primary amides is 1. The van der Waals surface area contributed by atoms with E-state index in [2.05, 4.69) is 10.3 Å². The smallest absolute Gasteiger partial charge is 0.270 e. The van der Waals surface area contributed by atoms with Gasteiger partial charge in [0.15, 0.2) is 0 Å². The molecule has 108 valence electrons. The van der Waals surface area contributed by atoms with Crippen molar-refractivity contribution in [2.75, 3.05) is 0 Å². The van der Waals surface area contributed by atoms with Crippen molar-refractivity contribution in [3.63, 3.8) is 0 Å². The molecule has 5 nitrogen and oxygen atoms in total. The number of nitrogens with two attached hydrogens (primary N) is 1. The number of nitrogens with zero attached hydrogens (tertiary/aromatic N) is 1. The van der Waals surface area contributed by atoms with Crippen molar-refractivity contribution in [1.29, 1.82) is 0 Å². The van der Waals surface area contributed by atoms with Gasteiger partial charge in [-0.05, 0) is 24.6 Å². The Bertz CT molecular complexity index is 641. The van der Waals surface area contributed by atoms with Crippen molar-refractivity contribution in [3.05, 3.63) is 65.5 Å². The molecule has 0 unspecified atom stereocenters. The van der Waals surface area contributed by atoms with E-state index in [1.807, 2.05) is 31.2 Å². The molecule has 3 N–H and O–H groups in total. The summed E-state index contributed by atoms with van der Waals surface area (Å²) in [4.78, 5) is 27.5. The topological polar surface area (TPSA) is 85.1 Å². The molecule has 2 rings (SSSR count). The predicted molar refractivity (Wildman–Crippen MR) is 79.6 cm³/mol. The molecule has 0 fully saturated rings. The van der Waals surface area contributed by atoms with Crippen LogP contribution < -0.4 is 11.1 Å². The van der Waals surface area contributed by atoms with Crippen LogP contribution in [0.1, 0.15) is 21.6 Å². The Morgan fingerprint density at radius 3 is 2.67 bits per heavy atom. The lowest BCUT2D eigenvalue weighted by Crippen LogP contribution is -2.46. The molecule has 1 heterocycles. The van der Waals surface area contributed by atoms with Gasteiger partial charge in [-0.25, -0.2) is 0 Å². The van der Waals surface area contributed by atoms with Crippen LogP contribution in [0.25, 0.3) is 0 Å². The number of hydrogen-bond donors (Lipinski definition) is 2. The van der Waals surface area contributed by atoms with Crippen LogP contribution in [0.5, 0.6) is 0 Å². The minimum absolute atomic E-state index is 0.257. The predicted octanol–water partition coefficient (Wildman–Crippen LogP) is 1.22. The van der Waals surface area contributed by atoms with Gasteiger partial charge in [0.1, 0.15) is 11.7 Å². The summed E-state index contributed by atoms with van der Waals surface area (Å²) >= 11 is 0. The lowest BCUT2D eigenvalue weighted by molar-refractivity contribution is -0.119. The highest BCUT2D eigenvalue weighted by Crippen LogP contribution is 2.07. The summed E-state index contributed by atoms with van der Waals surface area (Å²) in [5, 5.41) is 2.62. The van der Waals surface area contributed by atoms with Crippen molar-refractivity contribution in [3.8, 4) is 0 Å². The molecule has 0 aliphatic rings. The molecule has 0 saturated carbocycles. The second-order valence-electron chi connectivity index (χ2n) is 4.84. The number of aromatic nitrogens is 1. The van der Waals surface area contributed by atoms with Crippen molar-refractivity contribution >= 4 is 11.8 Å². The zero-order valence-electron chi connectivity index (χ0n) is 11.7. The summed E-state index contributed by atoms with van der Waals surface area (Å²) in [7, 11) is 0. The molecule has 0 bridgehead atoms. The summed E-state index contributed by atoms with van der Waals surface area (Å²) in [5.74, 6) is -0.979. The van der Waals surface area contributed by atoms with Gasteiger partial charge in [0.25, 0.3) is 5.91 Å². The van der Waals surface area contributed by atoms with E-state index in [-0.39, 0.29) is 5.69 Å². The van der Waals surface area contributed by atoms with Crippen LogP contribution >= 0.6 is 0 Å². The zero-order valence-corrected chi connectivity index (χ0v) is 11.7. The van der Waals surface area contributed by atoms with Gasteiger partial charge in [0.2, 0.25) is 5.91 Å². The zero-order chi connectivity index (χ0) is 15.2. The van der Waals surface area contributed by atoms with Crippen LogP contribution in [0.15, 0.2) is 48.7 Å². The number of nitrogens with one attached hydrogen (secondary N) is 1. The lowest BCUT2D eigenvalue weighted by Gasteiger charge is -2.15. The molecule has 0 aliphatic carbocycles. The van der Waals surface area contributed by atoms with Gasteiger partial charge in [-0.15, -0.1) is 0 Å². The van der Waals surface area contributed by atoms with E-state index in [0.717, 1.165) is 11.1 Å². The minimum atomic E-state index is -0.763. The quantitative estimate of drug-likeness (QED) is 0.865. The first kappa shape index (κ1) is 14.7. The standard InChI is InChI=1S/C16H17N3O2/c1-11-5-4-6-12(9-11)10-14(15(17)20)19-16(21)13-7-2-3-8-18-13/h2-9,14H,10H2,1H3,(H2,17,20)(H,19,21)/t14-/m0/s1. The first-order valence-corrected chi connectivity index (χ1v) is 6.63. The molecular weight excluding hydrogens is 266 g/mol. The van der Waals surface area contributed by atoms with Gasteiger partial charge in [-0.2, -0.15) is 0 Å². The number of benzene rings is 1. The normalized spacial score (nSPS) is 11.7. The van der Waals surface area contributed by atoms with Crippen LogP contribution in [-0.4, -0.2) is 22.8 Å². The Kier molecular flexibility index (Phi) is 4.66. The van der Waals surface area contributed by atoms with Gasteiger partial charge in [0.05, 0.1) is 0 Å². The summed E-state index contributed by atoms with van der Waals surface area (Å²) < 4.78 is 0. The molecule has 0 radical (unpaired) electrons. The van der Waals surface area contributed by atoms with Crippen molar-refractivity contribution in [2.45, 2.75) is 19.4 Å². The molecule has 2 amide bonds. The molecule has 0 aliphatic heterocycles. The average Bonchev–Trinajstić information content (AvgIpc) is 2.47. The van der Waals surface area contributed by atoms with Gasteiger partial charge in [-0.1, -0.05) is 35.9 Å². The monoisotopic (exact) mass is 283 g/mol. The maximum absolute atomic E-state index is 12.0. The Balaban J connectivity index is 2.09. The third-order valence-electron chi connectivity index (χ3n) is 3.07. The van der Waals surface area contributed by atoms with E-state index in [9.17, 15) is 9.59 Å².